The van der Waals surface area contributed by atoms with Crippen molar-refractivity contribution in [3.63, 3.8) is 0 Å². The second kappa shape index (κ2) is 18.1. The smallest absolute Gasteiger partial charge is 0.338 e. The topological polar surface area (TPSA) is 102 Å². The summed E-state index contributed by atoms with van der Waals surface area (Å²) in [6.45, 7) is 9.73. The van der Waals surface area contributed by atoms with Crippen LogP contribution < -0.4 is 5.73 Å². The minimum absolute atomic E-state index is 0.0884. The maximum Gasteiger partial charge on any atom is 0.338 e. The number of likely N-dealkylation sites (N-methyl/N-ethyl adjacent to an activating group) is 1. The first-order valence-corrected chi connectivity index (χ1v) is 17.6. The Morgan fingerprint density at radius 2 is 1.53 bits per heavy atom. The van der Waals surface area contributed by atoms with E-state index in [1.54, 1.807) is 43.3 Å². The second-order valence-corrected chi connectivity index (χ2v) is 13.0. The highest BCUT2D eigenvalue weighted by atomic mass is 79.9. The van der Waals surface area contributed by atoms with Crippen molar-refractivity contribution in [3.8, 4) is 0 Å². The Kier molecular flexibility index (Phi) is 14.0. The normalized spacial score (nSPS) is 14.3. The van der Waals surface area contributed by atoms with Gasteiger partial charge in [-0.25, -0.2) is 4.79 Å². The van der Waals surface area contributed by atoms with E-state index in [9.17, 15) is 14.4 Å². The van der Waals surface area contributed by atoms with Crippen molar-refractivity contribution in [3.05, 3.63) is 99.0 Å². The van der Waals surface area contributed by atoms with Crippen molar-refractivity contribution < 1.29 is 23.9 Å². The van der Waals surface area contributed by atoms with Crippen molar-refractivity contribution in [2.45, 2.75) is 71.4 Å². The lowest BCUT2D eigenvalue weighted by Gasteiger charge is -2.34. The zero-order valence-electron chi connectivity index (χ0n) is 27.9. The van der Waals surface area contributed by atoms with E-state index in [0.29, 0.717) is 59.1 Å². The molecule has 3 aromatic rings. The summed E-state index contributed by atoms with van der Waals surface area (Å²) >= 11 is 3.54. The van der Waals surface area contributed by atoms with Gasteiger partial charge in [-0.2, -0.15) is 0 Å². The van der Waals surface area contributed by atoms with E-state index in [1.807, 2.05) is 37.3 Å². The molecule has 1 aliphatic rings. The van der Waals surface area contributed by atoms with Crippen LogP contribution in [0.15, 0.2) is 71.2 Å². The van der Waals surface area contributed by atoms with Gasteiger partial charge in [0, 0.05) is 41.3 Å². The maximum atomic E-state index is 13.0. The van der Waals surface area contributed by atoms with Gasteiger partial charge in [0.15, 0.2) is 5.78 Å². The van der Waals surface area contributed by atoms with Crippen molar-refractivity contribution in [1.29, 1.82) is 0 Å². The van der Waals surface area contributed by atoms with Gasteiger partial charge in [0.05, 0.1) is 17.2 Å². The lowest BCUT2D eigenvalue weighted by atomic mass is 9.93. The zero-order chi connectivity index (χ0) is 33.8. The predicted molar refractivity (Wildman–Crippen MR) is 190 cm³/mol. The molecule has 0 aliphatic heterocycles. The molecule has 47 heavy (non-hydrogen) atoms. The van der Waals surface area contributed by atoms with Crippen molar-refractivity contribution in [1.82, 2.24) is 9.80 Å². The molecule has 1 saturated carbocycles. The molecule has 0 saturated heterocycles. The highest BCUT2D eigenvalue weighted by Crippen LogP contribution is 2.30. The second-order valence-electron chi connectivity index (χ2n) is 12.2. The number of halogens is 1. The molecule has 4 rings (SSSR count). The molecule has 252 valence electrons. The van der Waals surface area contributed by atoms with Crippen LogP contribution in [0.1, 0.15) is 96.2 Å². The Bertz CT molecular complexity index is 1490. The summed E-state index contributed by atoms with van der Waals surface area (Å²) in [5.41, 5.74) is 10.3. The average Bonchev–Trinajstić information content (AvgIpc) is 3.11. The van der Waals surface area contributed by atoms with Crippen LogP contribution >= 0.6 is 15.9 Å². The SMILES string of the molecule is CCN(CCOC(=O)c1cc(Br)c(N)c(CN(CC)C2CCCCC2)c1)CCOC(=O)C(C)c1cccc(C(=O)c2ccccc2)c1. The van der Waals surface area contributed by atoms with Crippen LogP contribution in [0.4, 0.5) is 5.69 Å². The zero-order valence-corrected chi connectivity index (χ0v) is 29.5. The summed E-state index contributed by atoms with van der Waals surface area (Å²) in [6.07, 6.45) is 6.23. The number of rotatable bonds is 16. The number of hydrogen-bond acceptors (Lipinski definition) is 8. The molecule has 1 atom stereocenters. The summed E-state index contributed by atoms with van der Waals surface area (Å²) in [6, 6.07) is 20.3. The summed E-state index contributed by atoms with van der Waals surface area (Å²) < 4.78 is 11.9. The highest BCUT2D eigenvalue weighted by Gasteiger charge is 2.23. The summed E-state index contributed by atoms with van der Waals surface area (Å²) in [5, 5.41) is 0. The average molecular weight is 707 g/mol. The molecule has 0 bridgehead atoms. The molecule has 0 aromatic heterocycles. The lowest BCUT2D eigenvalue weighted by molar-refractivity contribution is -0.145. The Labute approximate surface area is 287 Å². The van der Waals surface area contributed by atoms with E-state index in [4.69, 9.17) is 15.2 Å². The molecule has 0 radical (unpaired) electrons. The molecule has 1 aliphatic carbocycles. The Morgan fingerprint density at radius 3 is 2.21 bits per heavy atom. The third-order valence-corrected chi connectivity index (χ3v) is 9.76. The third kappa shape index (κ3) is 10.2. The number of ketones is 1. The number of esters is 2. The summed E-state index contributed by atoms with van der Waals surface area (Å²) in [4.78, 5) is 43.3. The molecular formula is C38H48BrN3O5. The Hall–Kier alpha value is -3.53. The van der Waals surface area contributed by atoms with Crippen molar-refractivity contribution in [2.24, 2.45) is 0 Å². The number of ether oxygens (including phenoxy) is 2. The summed E-state index contributed by atoms with van der Waals surface area (Å²) in [5.74, 6) is -1.36. The van der Waals surface area contributed by atoms with Crippen LogP contribution in [0.5, 0.6) is 0 Å². The molecule has 9 heteroatoms. The van der Waals surface area contributed by atoms with Crippen LogP contribution in [-0.2, 0) is 20.8 Å². The fourth-order valence-corrected chi connectivity index (χ4v) is 6.61. The van der Waals surface area contributed by atoms with Gasteiger partial charge in [0.1, 0.15) is 13.2 Å². The number of anilines is 1. The van der Waals surface area contributed by atoms with E-state index < -0.39 is 11.9 Å². The van der Waals surface area contributed by atoms with Gasteiger partial charge in [-0.1, -0.05) is 81.6 Å². The first-order chi connectivity index (χ1) is 22.7. The Balaban J connectivity index is 1.24. The highest BCUT2D eigenvalue weighted by molar-refractivity contribution is 9.10. The van der Waals surface area contributed by atoms with E-state index in [2.05, 4.69) is 32.7 Å². The molecule has 3 aromatic carbocycles. The first kappa shape index (κ1) is 36.3. The van der Waals surface area contributed by atoms with Gasteiger partial charge in [-0.05, 0) is 78.1 Å². The van der Waals surface area contributed by atoms with Gasteiger partial charge in [0.2, 0.25) is 0 Å². The van der Waals surface area contributed by atoms with Gasteiger partial charge in [-0.3, -0.25) is 19.4 Å². The number of nitrogen functional groups attached to an aromatic ring is 1. The number of hydrogen-bond donors (Lipinski definition) is 1. The monoisotopic (exact) mass is 705 g/mol. The molecular weight excluding hydrogens is 658 g/mol. The quantitative estimate of drug-likeness (QED) is 0.0946. The standard InChI is InChI=1S/C38H48BrN3O5/c1-4-41(19-21-46-37(44)27(3)29-15-12-16-30(23-29)36(43)28-13-8-6-9-14-28)20-22-47-38(45)31-24-32(35(40)34(39)25-31)26-42(5-2)33-17-10-7-11-18-33/h6,8-9,12-16,23-25,27,33H,4-5,7,10-11,17-22,26,40H2,1-3H3. The molecule has 1 fully saturated rings. The van der Waals surface area contributed by atoms with Crippen LogP contribution in [0.3, 0.4) is 0 Å². The third-order valence-electron chi connectivity index (χ3n) is 9.10. The minimum Gasteiger partial charge on any atom is -0.464 e. The van der Waals surface area contributed by atoms with Crippen LogP contribution in [0.25, 0.3) is 0 Å². The van der Waals surface area contributed by atoms with Gasteiger partial charge in [0.25, 0.3) is 0 Å². The lowest BCUT2D eigenvalue weighted by Crippen LogP contribution is -2.36. The van der Waals surface area contributed by atoms with Crippen molar-refractivity contribution >= 4 is 39.3 Å². The number of carbonyl (C=O) groups excluding carboxylic acids is 3. The minimum atomic E-state index is -0.522. The van der Waals surface area contributed by atoms with Crippen LogP contribution in [0.2, 0.25) is 0 Å². The predicted octanol–water partition coefficient (Wildman–Crippen LogP) is 7.24. The molecule has 8 nitrogen and oxygen atoms in total. The fraction of sp³-hybridized carbons (Fsp3) is 0.447. The van der Waals surface area contributed by atoms with Gasteiger partial charge >= 0.3 is 11.9 Å². The number of nitrogens with zero attached hydrogens (tertiary/aromatic N) is 2. The van der Waals surface area contributed by atoms with E-state index in [0.717, 1.165) is 17.7 Å². The number of benzene rings is 3. The van der Waals surface area contributed by atoms with Crippen LogP contribution in [-0.4, -0.2) is 73.0 Å². The number of nitrogens with two attached hydrogens (primary N) is 1. The number of carbonyl (C=O) groups is 3. The van der Waals surface area contributed by atoms with E-state index in [1.165, 1.54) is 32.1 Å². The van der Waals surface area contributed by atoms with Crippen molar-refractivity contribution in [2.75, 3.05) is 45.1 Å². The molecule has 0 heterocycles. The van der Waals surface area contributed by atoms with E-state index in [-0.39, 0.29) is 25.0 Å². The van der Waals surface area contributed by atoms with E-state index >= 15 is 0 Å². The molecule has 2 N–H and O–H groups in total. The largest absolute Gasteiger partial charge is 0.464 e. The molecule has 0 spiro atoms. The fourth-order valence-electron chi connectivity index (χ4n) is 6.11. The van der Waals surface area contributed by atoms with Gasteiger partial charge < -0.3 is 15.2 Å². The van der Waals surface area contributed by atoms with Gasteiger partial charge in [-0.15, -0.1) is 0 Å². The summed E-state index contributed by atoms with van der Waals surface area (Å²) in [7, 11) is 0. The Morgan fingerprint density at radius 1 is 0.851 bits per heavy atom. The maximum absolute atomic E-state index is 13.0. The molecule has 1 unspecified atom stereocenters. The molecule has 0 amide bonds. The van der Waals surface area contributed by atoms with Crippen LogP contribution in [0, 0.1) is 0 Å². The first-order valence-electron chi connectivity index (χ1n) is 16.8.